The van der Waals surface area contributed by atoms with Crippen LogP contribution >= 0.6 is 11.6 Å². The lowest BCUT2D eigenvalue weighted by Crippen LogP contribution is -2.05. The van der Waals surface area contributed by atoms with Crippen molar-refractivity contribution in [3.8, 4) is 11.5 Å². The Morgan fingerprint density at radius 1 is 1.10 bits per heavy atom. The van der Waals surface area contributed by atoms with Crippen LogP contribution in [0.3, 0.4) is 0 Å². The number of esters is 1. The summed E-state index contributed by atoms with van der Waals surface area (Å²) < 4.78 is 16.7. The topological polar surface area (TPSA) is 57.1 Å². The van der Waals surface area contributed by atoms with Crippen LogP contribution in [0.25, 0.3) is 16.8 Å². The maximum atomic E-state index is 12.4. The molecule has 0 fully saturated rings. The van der Waals surface area contributed by atoms with Crippen molar-refractivity contribution in [1.82, 2.24) is 0 Å². The van der Waals surface area contributed by atoms with Gasteiger partial charge in [0, 0.05) is 5.56 Å². The number of halogens is 1. The predicted octanol–water partition coefficient (Wildman–Crippen LogP) is 5.80. The number of fused-ring (bicyclic) bond motifs is 1. The van der Waals surface area contributed by atoms with Gasteiger partial charge in [-0.15, -0.1) is 0 Å². The van der Waals surface area contributed by atoms with Crippen molar-refractivity contribution < 1.29 is 19.0 Å². The molecule has 0 amide bonds. The summed E-state index contributed by atoms with van der Waals surface area (Å²) >= 11 is 6.39. The fourth-order valence-electron chi connectivity index (χ4n) is 3.23. The summed E-state index contributed by atoms with van der Waals surface area (Å²) in [5, 5.41) is 2.51. The molecule has 0 spiro atoms. The average molecular weight is 434 g/mol. The van der Waals surface area contributed by atoms with Crippen molar-refractivity contribution in [1.29, 1.82) is 0 Å². The Morgan fingerprint density at radius 2 is 1.90 bits per heavy atom. The van der Waals surface area contributed by atoms with Crippen molar-refractivity contribution in [2.45, 2.75) is 6.92 Å². The van der Waals surface area contributed by atoms with Gasteiger partial charge in [-0.3, -0.25) is 0 Å². The summed E-state index contributed by atoms with van der Waals surface area (Å²) in [5.41, 5.74) is 1.56. The van der Waals surface area contributed by atoms with E-state index < -0.39 is 5.97 Å². The van der Waals surface area contributed by atoms with E-state index in [9.17, 15) is 4.79 Å². The lowest BCUT2D eigenvalue weighted by molar-refractivity contribution is -0.129. The van der Waals surface area contributed by atoms with Crippen LogP contribution in [-0.4, -0.2) is 25.1 Å². The zero-order valence-corrected chi connectivity index (χ0v) is 17.7. The molecule has 3 aromatic carbocycles. The monoisotopic (exact) mass is 433 g/mol. The van der Waals surface area contributed by atoms with E-state index in [1.807, 2.05) is 49.4 Å². The number of nitrogens with zero attached hydrogens (tertiary/aromatic N) is 1. The van der Waals surface area contributed by atoms with E-state index in [0.717, 1.165) is 16.3 Å². The summed E-state index contributed by atoms with van der Waals surface area (Å²) in [6.45, 7) is 6.24. The molecule has 0 aliphatic carbocycles. The number of ether oxygens (including phenoxy) is 3. The van der Waals surface area contributed by atoms with Crippen LogP contribution in [0.2, 0.25) is 5.02 Å². The molecular weight excluding hydrogens is 414 g/mol. The minimum atomic E-state index is -0.524. The van der Waals surface area contributed by atoms with E-state index in [1.54, 1.807) is 24.3 Å². The molecule has 1 aliphatic heterocycles. The van der Waals surface area contributed by atoms with Gasteiger partial charge in [0.15, 0.2) is 17.2 Å². The minimum Gasteiger partial charge on any atom is -0.490 e. The van der Waals surface area contributed by atoms with Crippen LogP contribution in [-0.2, 0) is 9.53 Å². The molecule has 0 bridgehead atoms. The van der Waals surface area contributed by atoms with Gasteiger partial charge in [0.05, 0.1) is 11.6 Å². The average Bonchev–Trinajstić information content (AvgIpc) is 3.13. The maximum absolute atomic E-state index is 12.4. The quantitative estimate of drug-likeness (QED) is 0.268. The summed E-state index contributed by atoms with van der Waals surface area (Å²) in [7, 11) is 0. The third-order valence-electron chi connectivity index (χ3n) is 4.60. The van der Waals surface area contributed by atoms with Gasteiger partial charge in [0.1, 0.15) is 6.61 Å². The molecule has 6 heteroatoms. The lowest BCUT2D eigenvalue weighted by Gasteiger charge is -2.13. The van der Waals surface area contributed by atoms with E-state index in [4.69, 9.17) is 25.8 Å². The highest BCUT2D eigenvalue weighted by Gasteiger charge is 2.24. The molecule has 5 nitrogen and oxygen atoms in total. The van der Waals surface area contributed by atoms with Crippen molar-refractivity contribution in [2.24, 2.45) is 4.99 Å². The van der Waals surface area contributed by atoms with Crippen LogP contribution in [0.1, 0.15) is 18.1 Å². The summed E-state index contributed by atoms with van der Waals surface area (Å²) in [4.78, 5) is 16.8. The van der Waals surface area contributed by atoms with Crippen molar-refractivity contribution in [3.63, 3.8) is 0 Å². The summed E-state index contributed by atoms with van der Waals surface area (Å²) in [5.74, 6) is 0.655. The first-order chi connectivity index (χ1) is 15.1. The second-order valence-electron chi connectivity index (χ2n) is 6.76. The van der Waals surface area contributed by atoms with Gasteiger partial charge in [0.2, 0.25) is 5.90 Å². The fourth-order valence-corrected chi connectivity index (χ4v) is 3.50. The molecule has 31 heavy (non-hydrogen) atoms. The second-order valence-corrected chi connectivity index (χ2v) is 7.17. The zero-order chi connectivity index (χ0) is 21.8. The Kier molecular flexibility index (Phi) is 6.05. The standard InChI is InChI=1S/C25H20ClNO4/c1-3-11-30-23-20(26)12-16(14-22(23)29-4-2)13-21-25(28)31-24(27-21)19-10-9-17-7-5-6-8-18(17)15-19/h3,5-10,12-15H,1,4,11H2,2H3/b21-13-. The molecule has 0 saturated carbocycles. The first-order valence-corrected chi connectivity index (χ1v) is 10.2. The second kappa shape index (κ2) is 9.06. The van der Waals surface area contributed by atoms with E-state index >= 15 is 0 Å². The van der Waals surface area contributed by atoms with E-state index in [1.165, 1.54) is 0 Å². The number of carbonyl (C=O) groups excluding carboxylic acids is 1. The van der Waals surface area contributed by atoms with Crippen LogP contribution < -0.4 is 9.47 Å². The fraction of sp³-hybridized carbons (Fsp3) is 0.120. The minimum absolute atomic E-state index is 0.182. The van der Waals surface area contributed by atoms with Crippen molar-refractivity contribution in [2.75, 3.05) is 13.2 Å². The summed E-state index contributed by atoms with van der Waals surface area (Å²) in [6, 6.07) is 17.2. The first-order valence-electron chi connectivity index (χ1n) is 9.81. The Balaban J connectivity index is 1.68. The highest BCUT2D eigenvalue weighted by Crippen LogP contribution is 2.37. The number of cyclic esters (lactones) is 1. The van der Waals surface area contributed by atoms with E-state index in [-0.39, 0.29) is 11.6 Å². The molecule has 4 rings (SSSR count). The molecule has 0 atom stereocenters. The highest BCUT2D eigenvalue weighted by molar-refractivity contribution is 6.32. The van der Waals surface area contributed by atoms with Crippen LogP contribution in [0.4, 0.5) is 0 Å². The number of hydrogen-bond acceptors (Lipinski definition) is 5. The molecule has 1 aliphatic rings. The molecule has 0 unspecified atom stereocenters. The molecule has 0 aromatic heterocycles. The Labute approximate surface area is 185 Å². The first kappa shape index (κ1) is 20.7. The highest BCUT2D eigenvalue weighted by atomic mass is 35.5. The number of rotatable bonds is 7. The van der Waals surface area contributed by atoms with Gasteiger partial charge in [-0.2, -0.15) is 0 Å². The third kappa shape index (κ3) is 4.47. The largest absolute Gasteiger partial charge is 0.490 e. The molecular formula is C25H20ClNO4. The Bertz CT molecular complexity index is 1230. The van der Waals surface area contributed by atoms with E-state index in [2.05, 4.69) is 11.6 Å². The van der Waals surface area contributed by atoms with Crippen molar-refractivity contribution >= 4 is 40.3 Å². The van der Waals surface area contributed by atoms with Gasteiger partial charge in [-0.1, -0.05) is 54.6 Å². The van der Waals surface area contributed by atoms with Gasteiger partial charge in [-0.05, 0) is 53.6 Å². The molecule has 0 saturated heterocycles. The smallest absolute Gasteiger partial charge is 0.363 e. The lowest BCUT2D eigenvalue weighted by atomic mass is 10.1. The summed E-state index contributed by atoms with van der Waals surface area (Å²) in [6.07, 6.45) is 3.24. The van der Waals surface area contributed by atoms with Crippen LogP contribution in [0.15, 0.2) is 77.9 Å². The van der Waals surface area contributed by atoms with Crippen LogP contribution in [0, 0.1) is 0 Å². The van der Waals surface area contributed by atoms with E-state index in [0.29, 0.717) is 35.3 Å². The number of hydrogen-bond donors (Lipinski definition) is 0. The molecule has 3 aromatic rings. The molecule has 156 valence electrons. The van der Waals surface area contributed by atoms with Gasteiger partial charge in [0.25, 0.3) is 0 Å². The van der Waals surface area contributed by atoms with Gasteiger partial charge in [-0.25, -0.2) is 9.79 Å². The van der Waals surface area contributed by atoms with Gasteiger partial charge >= 0.3 is 5.97 Å². The number of aliphatic imine (C=N–C) groups is 1. The third-order valence-corrected chi connectivity index (χ3v) is 4.88. The Hall–Kier alpha value is -3.57. The molecule has 0 radical (unpaired) electrons. The molecule has 0 N–H and O–H groups in total. The normalized spacial score (nSPS) is 14.5. The molecule has 1 heterocycles. The SMILES string of the molecule is C=CCOc1c(Cl)cc(/C=C2\N=C(c3ccc4ccccc4c3)OC2=O)cc1OCC. The predicted molar refractivity (Wildman–Crippen MR) is 123 cm³/mol. The zero-order valence-electron chi connectivity index (χ0n) is 16.9. The Morgan fingerprint density at radius 3 is 2.68 bits per heavy atom. The van der Waals surface area contributed by atoms with Crippen LogP contribution in [0.5, 0.6) is 11.5 Å². The van der Waals surface area contributed by atoms with Crippen molar-refractivity contribution in [3.05, 3.63) is 89.1 Å². The van der Waals surface area contributed by atoms with Gasteiger partial charge < -0.3 is 14.2 Å². The number of benzene rings is 3. The maximum Gasteiger partial charge on any atom is 0.363 e. The number of carbonyl (C=O) groups is 1.